The van der Waals surface area contributed by atoms with E-state index in [2.05, 4.69) is 11.9 Å². The predicted molar refractivity (Wildman–Crippen MR) is 84.6 cm³/mol. The van der Waals surface area contributed by atoms with Gasteiger partial charge in [-0.1, -0.05) is 35.9 Å². The van der Waals surface area contributed by atoms with Crippen LogP contribution in [0.25, 0.3) is 0 Å². The molecule has 5 heteroatoms. The first-order chi connectivity index (χ1) is 10.0. The molecular formula is C16H17ClN2O2. The Morgan fingerprint density at radius 1 is 1.05 bits per heavy atom. The van der Waals surface area contributed by atoms with Gasteiger partial charge in [-0.05, 0) is 36.7 Å². The fourth-order valence-electron chi connectivity index (χ4n) is 2.08. The van der Waals surface area contributed by atoms with E-state index in [1.807, 2.05) is 36.4 Å². The Kier molecular flexibility index (Phi) is 5.31. The van der Waals surface area contributed by atoms with Gasteiger partial charge in [-0.3, -0.25) is 10.1 Å². The quantitative estimate of drug-likeness (QED) is 0.600. The van der Waals surface area contributed by atoms with Crippen LogP contribution in [0.4, 0.5) is 5.69 Å². The van der Waals surface area contributed by atoms with Gasteiger partial charge in [0.15, 0.2) is 0 Å². The van der Waals surface area contributed by atoms with Crippen LogP contribution in [0.3, 0.4) is 0 Å². The van der Waals surface area contributed by atoms with E-state index in [1.165, 1.54) is 5.56 Å². The Balaban J connectivity index is 1.84. The van der Waals surface area contributed by atoms with Gasteiger partial charge >= 0.3 is 0 Å². The first-order valence-corrected chi connectivity index (χ1v) is 7.09. The lowest BCUT2D eigenvalue weighted by Crippen LogP contribution is -2.20. The van der Waals surface area contributed by atoms with Crippen LogP contribution < -0.4 is 0 Å². The molecule has 0 bridgehead atoms. The lowest BCUT2D eigenvalue weighted by Gasteiger charge is -2.16. The third-order valence-corrected chi connectivity index (χ3v) is 3.55. The lowest BCUT2D eigenvalue weighted by atomic mass is 10.1. The van der Waals surface area contributed by atoms with E-state index in [4.69, 9.17) is 11.6 Å². The van der Waals surface area contributed by atoms with Gasteiger partial charge in [-0.25, -0.2) is 0 Å². The van der Waals surface area contributed by atoms with Gasteiger partial charge in [-0.2, -0.15) is 0 Å². The van der Waals surface area contributed by atoms with E-state index in [1.54, 1.807) is 12.1 Å². The molecule has 0 heterocycles. The average molecular weight is 305 g/mol. The standard InChI is InChI=1S/C16H17ClN2O2/c1-18(12-14-2-6-15(17)7-3-14)11-10-13-4-8-16(9-5-13)19(20)21/h2-9H,10-12H2,1H3. The van der Waals surface area contributed by atoms with E-state index in [-0.39, 0.29) is 10.6 Å². The average Bonchev–Trinajstić information content (AvgIpc) is 2.48. The zero-order valence-corrected chi connectivity index (χ0v) is 12.6. The van der Waals surface area contributed by atoms with Crippen LogP contribution in [0.1, 0.15) is 11.1 Å². The maximum absolute atomic E-state index is 10.6. The molecule has 0 fully saturated rings. The third-order valence-electron chi connectivity index (χ3n) is 3.30. The van der Waals surface area contributed by atoms with Crippen LogP contribution >= 0.6 is 11.6 Å². The van der Waals surface area contributed by atoms with Crippen molar-refractivity contribution in [3.63, 3.8) is 0 Å². The molecule has 0 saturated heterocycles. The molecule has 4 nitrogen and oxygen atoms in total. The van der Waals surface area contributed by atoms with Crippen molar-refractivity contribution in [3.05, 3.63) is 74.8 Å². The Morgan fingerprint density at radius 2 is 1.62 bits per heavy atom. The fraction of sp³-hybridized carbons (Fsp3) is 0.250. The summed E-state index contributed by atoms with van der Waals surface area (Å²) < 4.78 is 0. The summed E-state index contributed by atoms with van der Waals surface area (Å²) >= 11 is 5.86. The van der Waals surface area contributed by atoms with Gasteiger partial charge < -0.3 is 4.90 Å². The number of halogens is 1. The number of nitro benzene ring substituents is 1. The van der Waals surface area contributed by atoms with E-state index >= 15 is 0 Å². The fourth-order valence-corrected chi connectivity index (χ4v) is 2.21. The van der Waals surface area contributed by atoms with Crippen LogP contribution in [0.15, 0.2) is 48.5 Å². The Bertz CT molecular complexity index is 597. The molecule has 0 atom stereocenters. The van der Waals surface area contributed by atoms with Gasteiger partial charge in [0.1, 0.15) is 0 Å². The molecule has 0 aromatic heterocycles. The van der Waals surface area contributed by atoms with Crippen molar-refractivity contribution in [3.8, 4) is 0 Å². The van der Waals surface area contributed by atoms with Crippen LogP contribution in [-0.4, -0.2) is 23.4 Å². The predicted octanol–water partition coefficient (Wildman–Crippen LogP) is 3.92. The summed E-state index contributed by atoms with van der Waals surface area (Å²) in [6.07, 6.45) is 0.863. The van der Waals surface area contributed by atoms with Crippen molar-refractivity contribution in [2.45, 2.75) is 13.0 Å². The summed E-state index contributed by atoms with van der Waals surface area (Å²) in [6.45, 7) is 1.74. The number of nitro groups is 1. The first kappa shape index (κ1) is 15.5. The molecule has 0 aliphatic rings. The van der Waals surface area contributed by atoms with Crippen molar-refractivity contribution >= 4 is 17.3 Å². The molecule has 2 rings (SSSR count). The molecule has 110 valence electrons. The molecule has 0 saturated carbocycles. The SMILES string of the molecule is CN(CCc1ccc([N+](=O)[O-])cc1)Cc1ccc(Cl)cc1. The van der Waals surface area contributed by atoms with Crippen molar-refractivity contribution < 1.29 is 4.92 Å². The molecule has 0 aliphatic heterocycles. The minimum absolute atomic E-state index is 0.133. The van der Waals surface area contributed by atoms with Crippen LogP contribution in [0.5, 0.6) is 0 Å². The number of nitrogens with zero attached hydrogens (tertiary/aromatic N) is 2. The van der Waals surface area contributed by atoms with Crippen molar-refractivity contribution in [2.75, 3.05) is 13.6 Å². The van der Waals surface area contributed by atoms with Gasteiger partial charge in [0, 0.05) is 30.2 Å². The van der Waals surface area contributed by atoms with Crippen LogP contribution in [0.2, 0.25) is 5.02 Å². The summed E-state index contributed by atoms with van der Waals surface area (Å²) in [7, 11) is 2.06. The summed E-state index contributed by atoms with van der Waals surface area (Å²) in [4.78, 5) is 12.4. The van der Waals surface area contributed by atoms with Crippen LogP contribution in [0, 0.1) is 10.1 Å². The molecule has 21 heavy (non-hydrogen) atoms. The monoisotopic (exact) mass is 304 g/mol. The maximum atomic E-state index is 10.6. The van der Waals surface area contributed by atoms with E-state index in [0.29, 0.717) is 0 Å². The highest BCUT2D eigenvalue weighted by Gasteiger charge is 2.05. The second kappa shape index (κ2) is 7.20. The molecule has 0 aliphatic carbocycles. The third kappa shape index (κ3) is 4.85. The number of likely N-dealkylation sites (N-methyl/N-ethyl adjacent to an activating group) is 1. The molecule has 2 aromatic rings. The summed E-state index contributed by atoms with van der Waals surface area (Å²) in [5, 5.41) is 11.3. The molecule has 0 unspecified atom stereocenters. The Hall–Kier alpha value is -1.91. The molecule has 0 N–H and O–H groups in total. The van der Waals surface area contributed by atoms with Crippen LogP contribution in [-0.2, 0) is 13.0 Å². The topological polar surface area (TPSA) is 46.4 Å². The molecule has 0 spiro atoms. The minimum Gasteiger partial charge on any atom is -0.302 e. The second-order valence-corrected chi connectivity index (χ2v) is 5.47. The number of rotatable bonds is 6. The van der Waals surface area contributed by atoms with Crippen molar-refractivity contribution in [1.82, 2.24) is 4.90 Å². The van der Waals surface area contributed by atoms with Gasteiger partial charge in [0.2, 0.25) is 0 Å². The Labute approximate surface area is 129 Å². The molecule has 0 amide bonds. The Morgan fingerprint density at radius 3 is 2.19 bits per heavy atom. The number of benzene rings is 2. The highest BCUT2D eigenvalue weighted by Crippen LogP contribution is 2.14. The van der Waals surface area contributed by atoms with Gasteiger partial charge in [-0.15, -0.1) is 0 Å². The summed E-state index contributed by atoms with van der Waals surface area (Å²) in [5.74, 6) is 0. The molecule has 2 aromatic carbocycles. The second-order valence-electron chi connectivity index (χ2n) is 5.04. The van der Waals surface area contributed by atoms with Crippen molar-refractivity contribution in [2.24, 2.45) is 0 Å². The zero-order valence-electron chi connectivity index (χ0n) is 11.8. The first-order valence-electron chi connectivity index (χ1n) is 6.71. The number of non-ortho nitro benzene ring substituents is 1. The maximum Gasteiger partial charge on any atom is 0.269 e. The molecular weight excluding hydrogens is 288 g/mol. The highest BCUT2D eigenvalue weighted by molar-refractivity contribution is 6.30. The zero-order chi connectivity index (χ0) is 15.2. The molecule has 0 radical (unpaired) electrons. The highest BCUT2D eigenvalue weighted by atomic mass is 35.5. The summed E-state index contributed by atoms with van der Waals surface area (Å²) in [5.41, 5.74) is 2.45. The lowest BCUT2D eigenvalue weighted by molar-refractivity contribution is -0.384. The minimum atomic E-state index is -0.379. The largest absolute Gasteiger partial charge is 0.302 e. The summed E-state index contributed by atoms with van der Waals surface area (Å²) in [6, 6.07) is 14.5. The van der Waals surface area contributed by atoms with E-state index < -0.39 is 0 Å². The van der Waals surface area contributed by atoms with Gasteiger partial charge in [0.25, 0.3) is 5.69 Å². The van der Waals surface area contributed by atoms with E-state index in [9.17, 15) is 10.1 Å². The van der Waals surface area contributed by atoms with Crippen molar-refractivity contribution in [1.29, 1.82) is 0 Å². The number of hydrogen-bond donors (Lipinski definition) is 0. The normalized spacial score (nSPS) is 10.8. The smallest absolute Gasteiger partial charge is 0.269 e. The van der Waals surface area contributed by atoms with Gasteiger partial charge in [0.05, 0.1) is 4.92 Å². The van der Waals surface area contributed by atoms with E-state index in [0.717, 1.165) is 30.1 Å². The number of hydrogen-bond acceptors (Lipinski definition) is 3.